The zero-order chi connectivity index (χ0) is 13.0. The number of morpholine rings is 1. The quantitative estimate of drug-likeness (QED) is 0.830. The fourth-order valence-electron chi connectivity index (χ4n) is 1.88. The Labute approximate surface area is 103 Å². The predicted molar refractivity (Wildman–Crippen MR) is 59.5 cm³/mol. The van der Waals surface area contributed by atoms with E-state index in [2.05, 4.69) is 9.97 Å². The Bertz CT molecular complexity index is 390. The van der Waals surface area contributed by atoms with Crippen molar-refractivity contribution >= 4 is 5.82 Å². The Morgan fingerprint density at radius 1 is 1.44 bits per heavy atom. The summed E-state index contributed by atoms with van der Waals surface area (Å²) in [6, 6.07) is 1.27. The average molecular weight is 261 g/mol. The summed E-state index contributed by atoms with van der Waals surface area (Å²) in [5, 5.41) is 0. The molecule has 0 spiro atoms. The molecule has 2 heterocycles. The molecule has 0 bridgehead atoms. The van der Waals surface area contributed by atoms with Gasteiger partial charge < -0.3 is 9.64 Å². The van der Waals surface area contributed by atoms with Gasteiger partial charge in [0.15, 0.2) is 0 Å². The first-order valence-corrected chi connectivity index (χ1v) is 5.73. The Morgan fingerprint density at radius 3 is 3.00 bits per heavy atom. The molecule has 1 unspecified atom stereocenters. The van der Waals surface area contributed by atoms with Crippen molar-refractivity contribution in [1.29, 1.82) is 0 Å². The van der Waals surface area contributed by atoms with Crippen molar-refractivity contribution in [3.63, 3.8) is 0 Å². The van der Waals surface area contributed by atoms with Gasteiger partial charge >= 0.3 is 0 Å². The molecule has 1 aliphatic heterocycles. The van der Waals surface area contributed by atoms with Crippen LogP contribution in [0.25, 0.3) is 0 Å². The summed E-state index contributed by atoms with van der Waals surface area (Å²) in [4.78, 5) is 9.30. The van der Waals surface area contributed by atoms with Crippen molar-refractivity contribution in [2.24, 2.45) is 0 Å². The molecule has 1 aromatic rings. The Hall–Kier alpha value is -1.37. The molecule has 1 saturated heterocycles. The molecule has 0 saturated carbocycles. The van der Waals surface area contributed by atoms with Gasteiger partial charge in [0.25, 0.3) is 6.43 Å². The molecule has 0 radical (unpaired) electrons. The van der Waals surface area contributed by atoms with Gasteiger partial charge in [0.05, 0.1) is 19.4 Å². The topological polar surface area (TPSA) is 38.2 Å². The first-order valence-electron chi connectivity index (χ1n) is 5.73. The van der Waals surface area contributed by atoms with E-state index in [0.717, 1.165) is 6.33 Å². The summed E-state index contributed by atoms with van der Waals surface area (Å²) in [6.07, 6.45) is -1.40. The van der Waals surface area contributed by atoms with E-state index in [1.807, 2.05) is 4.90 Å². The van der Waals surface area contributed by atoms with Crippen LogP contribution in [0.1, 0.15) is 18.5 Å². The third-order valence-electron chi connectivity index (χ3n) is 2.79. The van der Waals surface area contributed by atoms with Crippen molar-refractivity contribution in [1.82, 2.24) is 9.97 Å². The number of hydrogen-bond acceptors (Lipinski definition) is 4. The maximum absolute atomic E-state index is 12.5. The molecule has 4 nitrogen and oxygen atoms in total. The summed E-state index contributed by atoms with van der Waals surface area (Å²) in [6.45, 7) is 1.01. The Morgan fingerprint density at radius 2 is 2.28 bits per heavy atom. The molecule has 100 valence electrons. The number of rotatable bonds is 4. The standard InChI is InChI=1S/C11H14F3N3O/c12-2-1-8-6-17(3-4-18-8)10-5-9(11(13)14)15-7-16-10/h5,7-8,11H,1-4,6H2. The summed E-state index contributed by atoms with van der Waals surface area (Å²) >= 11 is 0. The van der Waals surface area contributed by atoms with Crippen LogP contribution in [0.15, 0.2) is 12.4 Å². The molecule has 0 N–H and O–H groups in total. The number of nitrogens with zero attached hydrogens (tertiary/aromatic N) is 3. The molecular weight excluding hydrogens is 247 g/mol. The SMILES string of the molecule is FCCC1CN(c2cc(C(F)F)ncn2)CCO1. The smallest absolute Gasteiger partial charge is 0.280 e. The largest absolute Gasteiger partial charge is 0.374 e. The molecule has 0 amide bonds. The minimum Gasteiger partial charge on any atom is -0.374 e. The molecule has 7 heteroatoms. The van der Waals surface area contributed by atoms with Gasteiger partial charge in [0.1, 0.15) is 17.8 Å². The van der Waals surface area contributed by atoms with Crippen LogP contribution in [-0.2, 0) is 4.74 Å². The average Bonchev–Trinajstić information content (AvgIpc) is 2.39. The number of alkyl halides is 3. The van der Waals surface area contributed by atoms with Gasteiger partial charge in [-0.15, -0.1) is 0 Å². The fourth-order valence-corrected chi connectivity index (χ4v) is 1.88. The number of halogens is 3. The predicted octanol–water partition coefficient (Wildman–Crippen LogP) is 1.98. The highest BCUT2D eigenvalue weighted by Crippen LogP contribution is 2.21. The zero-order valence-electron chi connectivity index (χ0n) is 9.73. The second-order valence-electron chi connectivity index (χ2n) is 4.02. The third-order valence-corrected chi connectivity index (χ3v) is 2.79. The Kier molecular flexibility index (Phi) is 4.35. The van der Waals surface area contributed by atoms with Crippen molar-refractivity contribution in [3.05, 3.63) is 18.1 Å². The maximum atomic E-state index is 12.5. The van der Waals surface area contributed by atoms with Gasteiger partial charge in [-0.2, -0.15) is 0 Å². The second kappa shape index (κ2) is 5.99. The van der Waals surface area contributed by atoms with Crippen LogP contribution in [0.4, 0.5) is 19.0 Å². The van der Waals surface area contributed by atoms with E-state index in [1.54, 1.807) is 0 Å². The van der Waals surface area contributed by atoms with Gasteiger partial charge in [-0.3, -0.25) is 4.39 Å². The summed E-state index contributed by atoms with van der Waals surface area (Å²) < 4.78 is 42.7. The van der Waals surface area contributed by atoms with E-state index in [1.165, 1.54) is 6.07 Å². The van der Waals surface area contributed by atoms with E-state index < -0.39 is 13.1 Å². The van der Waals surface area contributed by atoms with Gasteiger partial charge in [-0.1, -0.05) is 0 Å². The molecule has 1 fully saturated rings. The molecule has 0 aromatic carbocycles. The van der Waals surface area contributed by atoms with Crippen LogP contribution < -0.4 is 4.90 Å². The van der Waals surface area contributed by atoms with Crippen molar-refractivity contribution in [3.8, 4) is 0 Å². The zero-order valence-corrected chi connectivity index (χ0v) is 9.73. The summed E-state index contributed by atoms with van der Waals surface area (Å²) in [5.41, 5.74) is -0.298. The summed E-state index contributed by atoms with van der Waals surface area (Å²) in [7, 11) is 0. The van der Waals surface area contributed by atoms with Crippen molar-refractivity contribution in [2.45, 2.75) is 19.0 Å². The number of anilines is 1. The second-order valence-corrected chi connectivity index (χ2v) is 4.02. The lowest BCUT2D eigenvalue weighted by Crippen LogP contribution is -2.43. The lowest BCUT2D eigenvalue weighted by Gasteiger charge is -2.33. The van der Waals surface area contributed by atoms with E-state index in [0.29, 0.717) is 31.9 Å². The summed E-state index contributed by atoms with van der Waals surface area (Å²) in [5.74, 6) is 0.437. The molecule has 1 aromatic heterocycles. The lowest BCUT2D eigenvalue weighted by atomic mass is 10.2. The van der Waals surface area contributed by atoms with E-state index in [9.17, 15) is 13.2 Å². The number of hydrogen-bond donors (Lipinski definition) is 0. The minimum atomic E-state index is -2.62. The Balaban J connectivity index is 2.08. The fraction of sp³-hybridized carbons (Fsp3) is 0.636. The van der Waals surface area contributed by atoms with Crippen LogP contribution >= 0.6 is 0 Å². The highest BCUT2D eigenvalue weighted by Gasteiger charge is 2.22. The van der Waals surface area contributed by atoms with Gasteiger partial charge in [-0.25, -0.2) is 18.7 Å². The maximum Gasteiger partial charge on any atom is 0.280 e. The lowest BCUT2D eigenvalue weighted by molar-refractivity contribution is 0.0310. The normalized spacial score (nSPS) is 20.4. The van der Waals surface area contributed by atoms with Crippen LogP contribution in [0, 0.1) is 0 Å². The first-order chi connectivity index (χ1) is 8.70. The molecule has 0 aliphatic carbocycles. The van der Waals surface area contributed by atoms with Crippen LogP contribution in [0.5, 0.6) is 0 Å². The minimum absolute atomic E-state index is 0.214. The monoisotopic (exact) mass is 261 g/mol. The highest BCUT2D eigenvalue weighted by atomic mass is 19.3. The van der Waals surface area contributed by atoms with Crippen LogP contribution in [-0.4, -0.2) is 42.4 Å². The van der Waals surface area contributed by atoms with Gasteiger partial charge in [-0.05, 0) is 0 Å². The first kappa shape index (κ1) is 13.1. The van der Waals surface area contributed by atoms with Gasteiger partial charge in [0.2, 0.25) is 0 Å². The number of ether oxygens (including phenoxy) is 1. The molecule has 1 aliphatic rings. The van der Waals surface area contributed by atoms with Crippen molar-refractivity contribution in [2.75, 3.05) is 31.3 Å². The van der Waals surface area contributed by atoms with E-state index in [4.69, 9.17) is 4.74 Å². The van der Waals surface area contributed by atoms with Crippen LogP contribution in [0.2, 0.25) is 0 Å². The third kappa shape index (κ3) is 3.10. The van der Waals surface area contributed by atoms with Crippen molar-refractivity contribution < 1.29 is 17.9 Å². The molecule has 2 rings (SSSR count). The van der Waals surface area contributed by atoms with Gasteiger partial charge in [0, 0.05) is 25.6 Å². The number of aromatic nitrogens is 2. The molecule has 1 atom stereocenters. The van der Waals surface area contributed by atoms with Crippen LogP contribution in [0.3, 0.4) is 0 Å². The van der Waals surface area contributed by atoms with E-state index in [-0.39, 0.29) is 11.8 Å². The molecular formula is C11H14F3N3O. The molecule has 18 heavy (non-hydrogen) atoms. The van der Waals surface area contributed by atoms with E-state index >= 15 is 0 Å². The highest BCUT2D eigenvalue weighted by molar-refractivity contribution is 5.39.